The van der Waals surface area contributed by atoms with E-state index in [9.17, 15) is 0 Å². The van der Waals surface area contributed by atoms with E-state index >= 15 is 0 Å². The maximum atomic E-state index is 3.55. The molecule has 0 radical (unpaired) electrons. The second kappa shape index (κ2) is 6.49. The Labute approximate surface area is 96.4 Å². The zero-order valence-electron chi connectivity index (χ0n) is 11.7. The number of hydrogen-bond donors (Lipinski definition) is 1. The van der Waals surface area contributed by atoms with Crippen LogP contribution in [0.2, 0.25) is 0 Å². The van der Waals surface area contributed by atoms with Gasteiger partial charge in [-0.05, 0) is 32.7 Å². The highest BCUT2D eigenvalue weighted by atomic mass is 15.1. The summed E-state index contributed by atoms with van der Waals surface area (Å²) in [5.41, 5.74) is 0.392. The molecule has 1 unspecified atom stereocenters. The summed E-state index contributed by atoms with van der Waals surface area (Å²) in [6.45, 7) is 15.9. The Morgan fingerprint density at radius 1 is 1.20 bits per heavy atom. The van der Waals surface area contributed by atoms with Crippen LogP contribution in [0.5, 0.6) is 0 Å². The standard InChI is InChI=1S/C13H30N2/c1-8-13(6,9-14-11(2)3)10-15(7)12(4)5/h11-12,14H,8-10H2,1-7H3. The molecule has 0 spiro atoms. The van der Waals surface area contributed by atoms with Crippen LogP contribution in [0, 0.1) is 5.41 Å². The lowest BCUT2D eigenvalue weighted by Crippen LogP contribution is -2.44. The van der Waals surface area contributed by atoms with Gasteiger partial charge in [0.25, 0.3) is 0 Å². The molecule has 15 heavy (non-hydrogen) atoms. The summed E-state index contributed by atoms with van der Waals surface area (Å²) < 4.78 is 0. The van der Waals surface area contributed by atoms with Gasteiger partial charge in [-0.25, -0.2) is 0 Å². The van der Waals surface area contributed by atoms with E-state index in [2.05, 4.69) is 58.8 Å². The van der Waals surface area contributed by atoms with Crippen molar-refractivity contribution in [1.82, 2.24) is 10.2 Å². The third kappa shape index (κ3) is 6.16. The van der Waals surface area contributed by atoms with Crippen LogP contribution in [0.25, 0.3) is 0 Å². The first-order chi connectivity index (χ1) is 6.80. The van der Waals surface area contributed by atoms with Crippen molar-refractivity contribution in [1.29, 1.82) is 0 Å². The van der Waals surface area contributed by atoms with E-state index in [4.69, 9.17) is 0 Å². The molecule has 2 heteroatoms. The molecule has 92 valence electrons. The summed E-state index contributed by atoms with van der Waals surface area (Å²) in [6.07, 6.45) is 1.23. The van der Waals surface area contributed by atoms with Crippen molar-refractivity contribution in [3.63, 3.8) is 0 Å². The van der Waals surface area contributed by atoms with E-state index in [1.807, 2.05) is 0 Å². The third-order valence-corrected chi connectivity index (χ3v) is 3.30. The molecule has 0 aliphatic heterocycles. The maximum Gasteiger partial charge on any atom is 0.00470 e. The Bertz CT molecular complexity index is 166. The Morgan fingerprint density at radius 2 is 1.73 bits per heavy atom. The van der Waals surface area contributed by atoms with Crippen LogP contribution in [-0.2, 0) is 0 Å². The third-order valence-electron chi connectivity index (χ3n) is 3.30. The highest BCUT2D eigenvalue weighted by Crippen LogP contribution is 2.22. The van der Waals surface area contributed by atoms with Gasteiger partial charge in [0.1, 0.15) is 0 Å². The van der Waals surface area contributed by atoms with E-state index in [0.29, 0.717) is 17.5 Å². The number of hydrogen-bond acceptors (Lipinski definition) is 2. The summed E-state index contributed by atoms with van der Waals surface area (Å²) >= 11 is 0. The molecule has 0 bridgehead atoms. The Morgan fingerprint density at radius 3 is 2.07 bits per heavy atom. The zero-order valence-corrected chi connectivity index (χ0v) is 11.7. The predicted octanol–water partition coefficient (Wildman–Crippen LogP) is 2.74. The van der Waals surface area contributed by atoms with Crippen molar-refractivity contribution in [2.24, 2.45) is 5.41 Å². The van der Waals surface area contributed by atoms with Crippen molar-refractivity contribution in [2.45, 2.75) is 60.0 Å². The van der Waals surface area contributed by atoms with Gasteiger partial charge < -0.3 is 10.2 Å². The van der Waals surface area contributed by atoms with Crippen molar-refractivity contribution in [3.8, 4) is 0 Å². The molecule has 0 aromatic heterocycles. The van der Waals surface area contributed by atoms with Crippen molar-refractivity contribution in [3.05, 3.63) is 0 Å². The Hall–Kier alpha value is -0.0800. The molecular formula is C13H30N2. The molecule has 0 saturated carbocycles. The first-order valence-corrected chi connectivity index (χ1v) is 6.24. The molecule has 0 saturated heterocycles. The highest BCUT2D eigenvalue weighted by Gasteiger charge is 2.24. The fraction of sp³-hybridized carbons (Fsp3) is 1.00. The fourth-order valence-electron chi connectivity index (χ4n) is 1.53. The monoisotopic (exact) mass is 214 g/mol. The second-order valence-electron chi connectivity index (χ2n) is 5.71. The van der Waals surface area contributed by atoms with Gasteiger partial charge >= 0.3 is 0 Å². The average Bonchev–Trinajstić information content (AvgIpc) is 2.14. The SMILES string of the molecule is CCC(C)(CNC(C)C)CN(C)C(C)C. The zero-order chi connectivity index (χ0) is 12.1. The van der Waals surface area contributed by atoms with Crippen LogP contribution < -0.4 is 5.32 Å². The molecule has 0 amide bonds. The first kappa shape index (κ1) is 14.9. The van der Waals surface area contributed by atoms with Gasteiger partial charge in [0.05, 0.1) is 0 Å². The Kier molecular flexibility index (Phi) is 6.46. The molecule has 0 aliphatic carbocycles. The van der Waals surface area contributed by atoms with Crippen LogP contribution in [0.15, 0.2) is 0 Å². The van der Waals surface area contributed by atoms with Gasteiger partial charge in [0, 0.05) is 25.2 Å². The van der Waals surface area contributed by atoms with E-state index in [0.717, 1.165) is 6.54 Å². The minimum atomic E-state index is 0.392. The van der Waals surface area contributed by atoms with Crippen molar-refractivity contribution >= 4 is 0 Å². The average molecular weight is 214 g/mol. The fourth-order valence-corrected chi connectivity index (χ4v) is 1.53. The molecule has 0 rings (SSSR count). The number of nitrogens with one attached hydrogen (secondary N) is 1. The van der Waals surface area contributed by atoms with Gasteiger partial charge in [-0.2, -0.15) is 0 Å². The molecule has 1 atom stereocenters. The molecule has 0 fully saturated rings. The van der Waals surface area contributed by atoms with Crippen molar-refractivity contribution < 1.29 is 0 Å². The second-order valence-corrected chi connectivity index (χ2v) is 5.71. The van der Waals surface area contributed by atoms with Gasteiger partial charge in [-0.3, -0.25) is 0 Å². The topological polar surface area (TPSA) is 15.3 Å². The minimum absolute atomic E-state index is 0.392. The molecule has 0 aromatic carbocycles. The molecular weight excluding hydrogens is 184 g/mol. The first-order valence-electron chi connectivity index (χ1n) is 6.24. The predicted molar refractivity (Wildman–Crippen MR) is 69.3 cm³/mol. The van der Waals surface area contributed by atoms with Gasteiger partial charge in [0.2, 0.25) is 0 Å². The van der Waals surface area contributed by atoms with E-state index in [1.165, 1.54) is 13.0 Å². The normalized spacial score (nSPS) is 16.4. The van der Waals surface area contributed by atoms with Crippen LogP contribution in [0.4, 0.5) is 0 Å². The highest BCUT2D eigenvalue weighted by molar-refractivity contribution is 4.80. The smallest absolute Gasteiger partial charge is 0.00470 e. The van der Waals surface area contributed by atoms with Crippen LogP contribution >= 0.6 is 0 Å². The lowest BCUT2D eigenvalue weighted by atomic mass is 9.86. The van der Waals surface area contributed by atoms with Crippen LogP contribution in [0.3, 0.4) is 0 Å². The minimum Gasteiger partial charge on any atom is -0.314 e. The molecule has 2 nitrogen and oxygen atoms in total. The van der Waals surface area contributed by atoms with Crippen molar-refractivity contribution in [2.75, 3.05) is 20.1 Å². The van der Waals surface area contributed by atoms with Crippen LogP contribution in [-0.4, -0.2) is 37.1 Å². The van der Waals surface area contributed by atoms with Gasteiger partial charge in [-0.1, -0.05) is 27.7 Å². The molecule has 1 N–H and O–H groups in total. The Balaban J connectivity index is 4.17. The summed E-state index contributed by atoms with van der Waals surface area (Å²) in [5.74, 6) is 0. The maximum absolute atomic E-state index is 3.55. The number of rotatable bonds is 7. The van der Waals surface area contributed by atoms with E-state index < -0.39 is 0 Å². The largest absolute Gasteiger partial charge is 0.314 e. The summed E-state index contributed by atoms with van der Waals surface area (Å²) in [5, 5.41) is 3.55. The summed E-state index contributed by atoms with van der Waals surface area (Å²) in [6, 6.07) is 1.22. The molecule has 0 heterocycles. The van der Waals surface area contributed by atoms with E-state index in [-0.39, 0.29) is 0 Å². The van der Waals surface area contributed by atoms with Crippen LogP contribution in [0.1, 0.15) is 48.0 Å². The summed E-state index contributed by atoms with van der Waals surface area (Å²) in [4.78, 5) is 2.44. The lowest BCUT2D eigenvalue weighted by Gasteiger charge is -2.35. The quantitative estimate of drug-likeness (QED) is 0.701. The number of nitrogens with zero attached hydrogens (tertiary/aromatic N) is 1. The molecule has 0 aliphatic rings. The van der Waals surface area contributed by atoms with Gasteiger partial charge in [-0.15, -0.1) is 0 Å². The molecule has 0 aromatic rings. The van der Waals surface area contributed by atoms with Gasteiger partial charge in [0.15, 0.2) is 0 Å². The summed E-state index contributed by atoms with van der Waals surface area (Å²) in [7, 11) is 2.22. The van der Waals surface area contributed by atoms with E-state index in [1.54, 1.807) is 0 Å². The lowest BCUT2D eigenvalue weighted by molar-refractivity contribution is 0.152.